The molecular weight excluding hydrogens is 292 g/mol. The molecule has 0 unspecified atom stereocenters. The molecule has 1 rings (SSSR count). The number of likely N-dealkylation sites (N-methyl/N-ethyl adjacent to an activating group) is 1. The minimum absolute atomic E-state index is 0.408. The number of carboxylic acid groups (broad SMARTS) is 1. The van der Waals surface area contributed by atoms with Crippen molar-refractivity contribution in [3.05, 3.63) is 24.3 Å². The standard InChI is InChI=1S/C12H15F2NO4S/c1-12(2,10(16)17)15(3)8-4-6-9(7-5-8)20(18,19)11(13)14/h4-7,11H,1-3H3,(H,16,17). The summed E-state index contributed by atoms with van der Waals surface area (Å²) in [5, 5.41) is 9.09. The van der Waals surface area contributed by atoms with Gasteiger partial charge < -0.3 is 10.0 Å². The average Bonchev–Trinajstić information content (AvgIpc) is 2.37. The van der Waals surface area contributed by atoms with E-state index in [9.17, 15) is 22.0 Å². The van der Waals surface area contributed by atoms with Gasteiger partial charge in [-0.3, -0.25) is 0 Å². The summed E-state index contributed by atoms with van der Waals surface area (Å²) < 4.78 is 47.3. The first-order valence-electron chi connectivity index (χ1n) is 5.60. The fraction of sp³-hybridized carbons (Fsp3) is 0.417. The van der Waals surface area contributed by atoms with Gasteiger partial charge in [-0.1, -0.05) is 0 Å². The Kier molecular flexibility index (Phi) is 4.38. The zero-order chi connectivity index (χ0) is 15.7. The summed E-state index contributed by atoms with van der Waals surface area (Å²) in [6.07, 6.45) is 0. The molecule has 0 atom stereocenters. The monoisotopic (exact) mass is 307 g/mol. The van der Waals surface area contributed by atoms with Crippen LogP contribution in [0.5, 0.6) is 0 Å². The SMILES string of the molecule is CN(c1ccc(S(=O)(=O)C(F)F)cc1)C(C)(C)C(=O)O. The van der Waals surface area contributed by atoms with Crippen LogP contribution in [0.1, 0.15) is 13.8 Å². The number of hydrogen-bond donors (Lipinski definition) is 1. The second kappa shape index (κ2) is 5.35. The summed E-state index contributed by atoms with van der Waals surface area (Å²) in [7, 11) is -3.12. The highest BCUT2D eigenvalue weighted by atomic mass is 32.2. The molecule has 20 heavy (non-hydrogen) atoms. The number of sulfone groups is 1. The van der Waals surface area contributed by atoms with Crippen LogP contribution in [0.25, 0.3) is 0 Å². The quantitative estimate of drug-likeness (QED) is 0.900. The van der Waals surface area contributed by atoms with E-state index in [-0.39, 0.29) is 0 Å². The van der Waals surface area contributed by atoms with Crippen molar-refractivity contribution in [3.8, 4) is 0 Å². The largest absolute Gasteiger partial charge is 0.480 e. The highest BCUT2D eigenvalue weighted by Gasteiger charge is 2.33. The van der Waals surface area contributed by atoms with E-state index in [1.807, 2.05) is 0 Å². The van der Waals surface area contributed by atoms with Crippen LogP contribution in [0.15, 0.2) is 29.2 Å². The van der Waals surface area contributed by atoms with Crippen LogP contribution in [0.2, 0.25) is 0 Å². The number of carboxylic acids is 1. The number of nitrogens with zero attached hydrogens (tertiary/aromatic N) is 1. The molecule has 5 nitrogen and oxygen atoms in total. The van der Waals surface area contributed by atoms with Crippen LogP contribution in [-0.2, 0) is 14.6 Å². The molecule has 0 fully saturated rings. The van der Waals surface area contributed by atoms with Crippen molar-refractivity contribution in [3.63, 3.8) is 0 Å². The smallest absolute Gasteiger partial charge is 0.341 e. The predicted molar refractivity (Wildman–Crippen MR) is 69.7 cm³/mol. The van der Waals surface area contributed by atoms with Gasteiger partial charge in [-0.15, -0.1) is 0 Å². The number of alkyl halides is 2. The molecule has 0 saturated heterocycles. The maximum Gasteiger partial charge on any atom is 0.341 e. The van der Waals surface area contributed by atoms with Gasteiger partial charge in [0.25, 0.3) is 0 Å². The Bertz CT molecular complexity index is 596. The fourth-order valence-electron chi connectivity index (χ4n) is 1.43. The molecule has 0 aliphatic heterocycles. The lowest BCUT2D eigenvalue weighted by Gasteiger charge is -2.33. The van der Waals surface area contributed by atoms with Crippen LogP contribution in [0.4, 0.5) is 14.5 Å². The Morgan fingerprint density at radius 2 is 1.70 bits per heavy atom. The van der Waals surface area contributed by atoms with Gasteiger partial charge >= 0.3 is 11.7 Å². The zero-order valence-electron chi connectivity index (χ0n) is 11.2. The summed E-state index contributed by atoms with van der Waals surface area (Å²) in [4.78, 5) is 12.0. The molecule has 0 aliphatic rings. The molecule has 0 saturated carbocycles. The van der Waals surface area contributed by atoms with Crippen LogP contribution < -0.4 is 4.90 Å². The van der Waals surface area contributed by atoms with Gasteiger partial charge in [0, 0.05) is 12.7 Å². The first kappa shape index (κ1) is 16.4. The Morgan fingerprint density at radius 3 is 2.05 bits per heavy atom. The van der Waals surface area contributed by atoms with Crippen molar-refractivity contribution in [2.24, 2.45) is 0 Å². The average molecular weight is 307 g/mol. The summed E-state index contributed by atoms with van der Waals surface area (Å²) >= 11 is 0. The van der Waals surface area contributed by atoms with Crippen LogP contribution >= 0.6 is 0 Å². The Hall–Kier alpha value is -1.70. The molecule has 0 bridgehead atoms. The summed E-state index contributed by atoms with van der Waals surface area (Å²) in [5.41, 5.74) is -0.811. The summed E-state index contributed by atoms with van der Waals surface area (Å²) in [6.45, 7) is 2.94. The third kappa shape index (κ3) is 2.90. The first-order chi connectivity index (χ1) is 9.01. The molecular formula is C12H15F2NO4S. The number of carbonyl (C=O) groups is 1. The van der Waals surface area contributed by atoms with Crippen molar-refractivity contribution >= 4 is 21.5 Å². The number of aliphatic carboxylic acids is 1. The third-order valence-corrected chi connectivity index (χ3v) is 4.55. The van der Waals surface area contributed by atoms with Gasteiger partial charge in [0.05, 0.1) is 4.90 Å². The van der Waals surface area contributed by atoms with E-state index in [1.165, 1.54) is 37.9 Å². The highest BCUT2D eigenvalue weighted by Crippen LogP contribution is 2.25. The predicted octanol–water partition coefficient (Wildman–Crippen LogP) is 1.98. The maximum atomic E-state index is 12.4. The van der Waals surface area contributed by atoms with E-state index < -0.39 is 32.0 Å². The number of anilines is 1. The molecule has 8 heteroatoms. The van der Waals surface area contributed by atoms with Crippen molar-refractivity contribution in [1.29, 1.82) is 0 Å². The molecule has 0 heterocycles. The van der Waals surface area contributed by atoms with Gasteiger partial charge in [-0.2, -0.15) is 8.78 Å². The van der Waals surface area contributed by atoms with Crippen molar-refractivity contribution in [1.82, 2.24) is 0 Å². The van der Waals surface area contributed by atoms with Crippen molar-refractivity contribution in [2.45, 2.75) is 30.0 Å². The van der Waals surface area contributed by atoms with Gasteiger partial charge in [0.1, 0.15) is 5.54 Å². The molecule has 1 N–H and O–H groups in total. The van der Waals surface area contributed by atoms with Gasteiger partial charge in [-0.25, -0.2) is 13.2 Å². The summed E-state index contributed by atoms with van der Waals surface area (Å²) in [5.74, 6) is -4.55. The molecule has 112 valence electrons. The van der Waals surface area contributed by atoms with Crippen molar-refractivity contribution in [2.75, 3.05) is 11.9 Å². The van der Waals surface area contributed by atoms with Gasteiger partial charge in [-0.05, 0) is 38.1 Å². The van der Waals surface area contributed by atoms with E-state index in [1.54, 1.807) is 0 Å². The molecule has 0 aromatic heterocycles. The number of halogens is 2. The lowest BCUT2D eigenvalue weighted by Crippen LogP contribution is -2.48. The van der Waals surface area contributed by atoms with E-state index in [0.717, 1.165) is 12.1 Å². The highest BCUT2D eigenvalue weighted by molar-refractivity contribution is 7.91. The Balaban J connectivity index is 3.13. The van der Waals surface area contributed by atoms with E-state index in [0.29, 0.717) is 5.69 Å². The minimum atomic E-state index is -4.64. The topological polar surface area (TPSA) is 74.7 Å². The van der Waals surface area contributed by atoms with Crippen LogP contribution in [-0.4, -0.2) is 37.8 Å². The fourth-order valence-corrected chi connectivity index (χ4v) is 2.15. The number of hydrogen-bond acceptors (Lipinski definition) is 4. The van der Waals surface area contributed by atoms with E-state index in [2.05, 4.69) is 0 Å². The Labute approximate surface area is 115 Å². The molecule has 0 aliphatic carbocycles. The minimum Gasteiger partial charge on any atom is -0.480 e. The lowest BCUT2D eigenvalue weighted by molar-refractivity contribution is -0.142. The second-order valence-electron chi connectivity index (χ2n) is 4.72. The number of benzene rings is 1. The van der Waals surface area contributed by atoms with Crippen LogP contribution in [0.3, 0.4) is 0 Å². The molecule has 0 radical (unpaired) electrons. The second-order valence-corrected chi connectivity index (χ2v) is 6.64. The summed E-state index contributed by atoms with van der Waals surface area (Å²) in [6, 6.07) is 4.65. The lowest BCUT2D eigenvalue weighted by atomic mass is 10.0. The molecule has 1 aromatic rings. The third-order valence-electron chi connectivity index (χ3n) is 3.15. The maximum absolute atomic E-state index is 12.4. The van der Waals surface area contributed by atoms with E-state index in [4.69, 9.17) is 5.11 Å². The van der Waals surface area contributed by atoms with Crippen LogP contribution in [0, 0.1) is 0 Å². The number of rotatable bonds is 5. The van der Waals surface area contributed by atoms with E-state index >= 15 is 0 Å². The molecule has 1 aromatic carbocycles. The zero-order valence-corrected chi connectivity index (χ0v) is 12.0. The molecule has 0 amide bonds. The first-order valence-corrected chi connectivity index (χ1v) is 7.15. The van der Waals surface area contributed by atoms with Gasteiger partial charge in [0.2, 0.25) is 9.84 Å². The van der Waals surface area contributed by atoms with Crippen molar-refractivity contribution < 1.29 is 27.1 Å². The molecule has 0 spiro atoms. The normalized spacial score (nSPS) is 12.5. The van der Waals surface area contributed by atoms with Gasteiger partial charge in [0.15, 0.2) is 0 Å². The Morgan fingerprint density at radius 1 is 1.25 bits per heavy atom.